The van der Waals surface area contributed by atoms with E-state index in [4.69, 9.17) is 10.5 Å². The summed E-state index contributed by atoms with van der Waals surface area (Å²) in [6.45, 7) is 2.70. The quantitative estimate of drug-likeness (QED) is 0.590. The van der Waals surface area contributed by atoms with Gasteiger partial charge in [0.25, 0.3) is 0 Å². The number of ether oxygens (including phenoxy) is 1. The Kier molecular flexibility index (Phi) is 5.99. The molecule has 1 aliphatic heterocycles. The Labute approximate surface area is 189 Å². The normalized spacial score (nSPS) is 19.1. The molecule has 7 nitrogen and oxygen atoms in total. The van der Waals surface area contributed by atoms with Gasteiger partial charge in [-0.1, -0.05) is 34.2 Å². The molecule has 1 aromatic heterocycles. The number of hydrogen-bond donors (Lipinski definition) is 3. The Balaban J connectivity index is 1.44. The summed E-state index contributed by atoms with van der Waals surface area (Å²) in [6, 6.07) is 7.25. The van der Waals surface area contributed by atoms with Crippen molar-refractivity contribution in [1.29, 1.82) is 0 Å². The maximum atomic E-state index is 12.7. The number of pyridine rings is 1. The molecule has 160 valence electrons. The van der Waals surface area contributed by atoms with Crippen LogP contribution >= 0.6 is 15.9 Å². The number of rotatable bonds is 5. The van der Waals surface area contributed by atoms with E-state index in [9.17, 15) is 4.79 Å². The Morgan fingerprint density at radius 2 is 2.13 bits per heavy atom. The first-order chi connectivity index (χ1) is 15.0. The number of amides is 2. The first-order valence-electron chi connectivity index (χ1n) is 9.90. The number of nitrogens with two attached hydrogens (primary N) is 1. The van der Waals surface area contributed by atoms with Crippen molar-refractivity contribution in [3.8, 4) is 5.75 Å². The van der Waals surface area contributed by atoms with Crippen LogP contribution in [0.5, 0.6) is 5.75 Å². The molecule has 2 amide bonds. The number of carbonyl (C=O) groups excluding carboxylic acids is 1. The number of methoxy groups -OCH3 is 1. The van der Waals surface area contributed by atoms with E-state index in [1.165, 1.54) is 0 Å². The third kappa shape index (κ3) is 4.44. The number of nitrogens with one attached hydrogen (secondary N) is 2. The Bertz CT molecular complexity index is 1100. The highest BCUT2D eigenvalue weighted by atomic mass is 79.9. The summed E-state index contributed by atoms with van der Waals surface area (Å²) in [5, 5.41) is 5.86. The monoisotopic (exact) mass is 481 g/mol. The third-order valence-electron chi connectivity index (χ3n) is 5.55. The maximum Gasteiger partial charge on any atom is 0.323 e. The zero-order valence-corrected chi connectivity index (χ0v) is 18.9. The summed E-state index contributed by atoms with van der Waals surface area (Å²) >= 11 is 3.42. The van der Waals surface area contributed by atoms with Crippen LogP contribution < -0.4 is 21.1 Å². The molecule has 0 saturated heterocycles. The molecular formula is C23H24BrN5O2. The van der Waals surface area contributed by atoms with E-state index < -0.39 is 0 Å². The molecule has 0 fully saturated rings. The van der Waals surface area contributed by atoms with E-state index in [1.807, 2.05) is 31.2 Å². The molecule has 2 aliphatic rings. The first kappa shape index (κ1) is 21.0. The highest BCUT2D eigenvalue weighted by Crippen LogP contribution is 2.33. The SMILES string of the molecule is COc1ccc(Br)cc1NC(=O)NC1=CC=CC2C1C=CN2Cc1ccnc(N)c1C. The topological polar surface area (TPSA) is 92.5 Å². The summed E-state index contributed by atoms with van der Waals surface area (Å²) in [5.74, 6) is 1.20. The number of allylic oxidation sites excluding steroid dienone is 2. The Hall–Kier alpha value is -3.26. The number of fused-ring (bicyclic) bond motifs is 1. The second kappa shape index (κ2) is 8.85. The van der Waals surface area contributed by atoms with Crippen molar-refractivity contribution in [2.45, 2.75) is 19.5 Å². The predicted octanol–water partition coefficient (Wildman–Crippen LogP) is 4.33. The summed E-state index contributed by atoms with van der Waals surface area (Å²) in [4.78, 5) is 19.1. The summed E-state index contributed by atoms with van der Waals surface area (Å²) in [7, 11) is 1.57. The molecule has 1 aromatic carbocycles. The van der Waals surface area contributed by atoms with Gasteiger partial charge in [0.05, 0.1) is 18.8 Å². The number of urea groups is 1. The van der Waals surface area contributed by atoms with Gasteiger partial charge in [-0.25, -0.2) is 9.78 Å². The van der Waals surface area contributed by atoms with Gasteiger partial charge in [-0.3, -0.25) is 0 Å². The van der Waals surface area contributed by atoms with E-state index in [2.05, 4.69) is 54.8 Å². The number of hydrogen-bond acceptors (Lipinski definition) is 5. The molecule has 8 heteroatoms. The minimum absolute atomic E-state index is 0.0552. The summed E-state index contributed by atoms with van der Waals surface area (Å²) < 4.78 is 6.18. The van der Waals surface area contributed by atoms with Crippen molar-refractivity contribution in [1.82, 2.24) is 15.2 Å². The molecule has 0 radical (unpaired) electrons. The lowest BCUT2D eigenvalue weighted by atomic mass is 9.93. The molecule has 0 saturated carbocycles. The van der Waals surface area contributed by atoms with Crippen molar-refractivity contribution in [2.75, 3.05) is 18.2 Å². The van der Waals surface area contributed by atoms with Crippen LogP contribution in [0, 0.1) is 12.8 Å². The number of carbonyl (C=O) groups is 1. The number of benzene rings is 1. The molecule has 2 heterocycles. The second-order valence-electron chi connectivity index (χ2n) is 7.44. The Morgan fingerprint density at radius 3 is 2.94 bits per heavy atom. The fraction of sp³-hybridized carbons (Fsp3) is 0.217. The van der Waals surface area contributed by atoms with Gasteiger partial charge in [0, 0.05) is 28.8 Å². The second-order valence-corrected chi connectivity index (χ2v) is 8.36. The van der Waals surface area contributed by atoms with Gasteiger partial charge in [0.2, 0.25) is 0 Å². The fourth-order valence-electron chi connectivity index (χ4n) is 3.83. The molecule has 2 unspecified atom stereocenters. The van der Waals surface area contributed by atoms with E-state index in [0.717, 1.165) is 27.8 Å². The van der Waals surface area contributed by atoms with Crippen molar-refractivity contribution in [2.24, 2.45) is 5.92 Å². The highest BCUT2D eigenvalue weighted by Gasteiger charge is 2.32. The molecule has 2 atom stereocenters. The van der Waals surface area contributed by atoms with Gasteiger partial charge in [0.1, 0.15) is 11.6 Å². The van der Waals surface area contributed by atoms with E-state index >= 15 is 0 Å². The number of nitrogen functional groups attached to an aromatic ring is 1. The largest absolute Gasteiger partial charge is 0.495 e. The molecular weight excluding hydrogens is 458 g/mol. The average Bonchev–Trinajstić information content (AvgIpc) is 3.15. The van der Waals surface area contributed by atoms with Crippen LogP contribution in [0.2, 0.25) is 0 Å². The lowest BCUT2D eigenvalue weighted by molar-refractivity contribution is 0.251. The van der Waals surface area contributed by atoms with Crippen LogP contribution in [-0.4, -0.2) is 29.1 Å². The van der Waals surface area contributed by atoms with Crippen LogP contribution in [0.3, 0.4) is 0 Å². The van der Waals surface area contributed by atoms with Crippen LogP contribution in [0.25, 0.3) is 0 Å². The lowest BCUT2D eigenvalue weighted by Crippen LogP contribution is -2.38. The van der Waals surface area contributed by atoms with E-state index in [-0.39, 0.29) is 18.0 Å². The van der Waals surface area contributed by atoms with Gasteiger partial charge in [0.15, 0.2) is 0 Å². The van der Waals surface area contributed by atoms with Crippen LogP contribution in [0.15, 0.2) is 71.1 Å². The van der Waals surface area contributed by atoms with Gasteiger partial charge in [-0.2, -0.15) is 0 Å². The zero-order chi connectivity index (χ0) is 22.0. The van der Waals surface area contributed by atoms with Crippen molar-refractivity contribution in [3.05, 3.63) is 82.3 Å². The minimum Gasteiger partial charge on any atom is -0.495 e. The third-order valence-corrected chi connectivity index (χ3v) is 6.05. The minimum atomic E-state index is -0.318. The van der Waals surface area contributed by atoms with Gasteiger partial charge >= 0.3 is 6.03 Å². The number of anilines is 2. The van der Waals surface area contributed by atoms with Crippen molar-refractivity contribution < 1.29 is 9.53 Å². The predicted molar refractivity (Wildman–Crippen MR) is 125 cm³/mol. The molecule has 0 spiro atoms. The molecule has 31 heavy (non-hydrogen) atoms. The van der Waals surface area contributed by atoms with Gasteiger partial charge in [-0.15, -0.1) is 0 Å². The van der Waals surface area contributed by atoms with Gasteiger partial charge in [-0.05, 0) is 54.6 Å². The standard InChI is InChI=1S/C23H24BrN5O2/c1-14-15(8-10-26-22(14)25)13-29-11-9-17-18(4-3-5-20(17)29)27-23(30)28-19-12-16(24)6-7-21(19)31-2/h3-12,17,20H,13H2,1-2H3,(H2,25,26)(H2,27,28,30). The van der Waals surface area contributed by atoms with E-state index in [1.54, 1.807) is 25.4 Å². The molecule has 4 rings (SSSR count). The molecule has 1 aliphatic carbocycles. The van der Waals surface area contributed by atoms with Crippen LogP contribution in [0.4, 0.5) is 16.3 Å². The summed E-state index contributed by atoms with van der Waals surface area (Å²) in [6.07, 6.45) is 12.0. The van der Waals surface area contributed by atoms with Crippen molar-refractivity contribution in [3.63, 3.8) is 0 Å². The van der Waals surface area contributed by atoms with Crippen molar-refractivity contribution >= 4 is 33.5 Å². The number of nitrogens with zero attached hydrogens (tertiary/aromatic N) is 2. The smallest absolute Gasteiger partial charge is 0.323 e. The molecule has 2 aromatic rings. The highest BCUT2D eigenvalue weighted by molar-refractivity contribution is 9.10. The maximum absolute atomic E-state index is 12.7. The number of halogens is 1. The van der Waals surface area contributed by atoms with Gasteiger partial charge < -0.3 is 26.0 Å². The van der Waals surface area contributed by atoms with Crippen LogP contribution in [0.1, 0.15) is 11.1 Å². The lowest BCUT2D eigenvalue weighted by Gasteiger charge is -2.31. The average molecular weight is 482 g/mol. The Morgan fingerprint density at radius 1 is 1.29 bits per heavy atom. The van der Waals surface area contributed by atoms with Crippen LogP contribution in [-0.2, 0) is 6.54 Å². The molecule has 0 bridgehead atoms. The zero-order valence-electron chi connectivity index (χ0n) is 17.3. The van der Waals surface area contributed by atoms with E-state index in [0.29, 0.717) is 17.3 Å². The first-order valence-corrected chi connectivity index (χ1v) is 10.7. The molecule has 4 N–H and O–H groups in total. The summed E-state index contributed by atoms with van der Waals surface area (Å²) in [5.41, 5.74) is 9.52. The number of aromatic nitrogens is 1. The fourth-order valence-corrected chi connectivity index (χ4v) is 4.19.